The molecule has 1 aliphatic rings. The lowest BCUT2D eigenvalue weighted by Gasteiger charge is -2.33. The summed E-state index contributed by atoms with van der Waals surface area (Å²) in [5.41, 5.74) is 0.824. The fourth-order valence-corrected chi connectivity index (χ4v) is 5.40. The van der Waals surface area contributed by atoms with E-state index in [2.05, 4.69) is 5.32 Å². The maximum absolute atomic E-state index is 13.6. The molecule has 0 saturated heterocycles. The van der Waals surface area contributed by atoms with E-state index >= 15 is 0 Å². The predicted octanol–water partition coefficient (Wildman–Crippen LogP) is 3.57. The molecule has 8 nitrogen and oxygen atoms in total. The van der Waals surface area contributed by atoms with Gasteiger partial charge in [0, 0.05) is 31.7 Å². The standard InChI is InChI=1S/C25H32ClFN4O4S/c1-18(25(33)28-22-9-4-5-10-22)30(16-19-7-6-8-20(26)15-19)24(32)17-31(36(34,35)29(2)3)23-13-11-21(27)12-14-23/h6-8,11-15,18,22H,4-5,9-10,16-17H2,1-3H3,(H,28,33)/t18-/m1/s1. The second-order valence-corrected chi connectivity index (χ2v) is 11.6. The van der Waals surface area contributed by atoms with Crippen LogP contribution >= 0.6 is 11.6 Å². The monoisotopic (exact) mass is 538 g/mol. The average Bonchev–Trinajstić information content (AvgIpc) is 3.34. The Morgan fingerprint density at radius 1 is 1.11 bits per heavy atom. The van der Waals surface area contributed by atoms with Crippen LogP contribution in [0.4, 0.5) is 10.1 Å². The molecule has 11 heteroatoms. The van der Waals surface area contributed by atoms with Gasteiger partial charge in [-0.15, -0.1) is 0 Å². The molecule has 0 aromatic heterocycles. The van der Waals surface area contributed by atoms with Gasteiger partial charge in [0.15, 0.2) is 0 Å². The molecule has 1 N–H and O–H groups in total. The molecule has 2 amide bonds. The summed E-state index contributed by atoms with van der Waals surface area (Å²) in [6.07, 6.45) is 3.86. The van der Waals surface area contributed by atoms with Gasteiger partial charge in [-0.2, -0.15) is 12.7 Å². The van der Waals surface area contributed by atoms with Crippen molar-refractivity contribution >= 4 is 39.3 Å². The molecule has 0 aliphatic heterocycles. The van der Waals surface area contributed by atoms with Crippen LogP contribution in [0.3, 0.4) is 0 Å². The molecule has 0 radical (unpaired) electrons. The molecule has 0 unspecified atom stereocenters. The van der Waals surface area contributed by atoms with Crippen molar-refractivity contribution in [2.75, 3.05) is 24.9 Å². The molecule has 2 aromatic rings. The summed E-state index contributed by atoms with van der Waals surface area (Å²) in [6.45, 7) is 1.10. The molecule has 1 aliphatic carbocycles. The Kier molecular flexibility index (Phi) is 9.32. The maximum Gasteiger partial charge on any atom is 0.304 e. The molecule has 0 bridgehead atoms. The first-order chi connectivity index (χ1) is 17.0. The predicted molar refractivity (Wildman–Crippen MR) is 138 cm³/mol. The number of hydrogen-bond donors (Lipinski definition) is 1. The van der Waals surface area contributed by atoms with Crippen molar-refractivity contribution in [3.8, 4) is 0 Å². The Hall–Kier alpha value is -2.69. The number of nitrogens with zero attached hydrogens (tertiary/aromatic N) is 3. The Morgan fingerprint density at radius 3 is 2.33 bits per heavy atom. The summed E-state index contributed by atoms with van der Waals surface area (Å²) in [5, 5.41) is 3.49. The highest BCUT2D eigenvalue weighted by molar-refractivity contribution is 7.90. The highest BCUT2D eigenvalue weighted by atomic mass is 35.5. The quantitative estimate of drug-likeness (QED) is 0.501. The zero-order chi connectivity index (χ0) is 26.5. The first-order valence-electron chi connectivity index (χ1n) is 11.8. The Morgan fingerprint density at radius 2 is 1.75 bits per heavy atom. The van der Waals surface area contributed by atoms with Gasteiger partial charge in [0.1, 0.15) is 18.4 Å². The zero-order valence-electron chi connectivity index (χ0n) is 20.7. The smallest absolute Gasteiger partial charge is 0.304 e. The van der Waals surface area contributed by atoms with Gasteiger partial charge >= 0.3 is 10.2 Å². The molecular formula is C25H32ClFN4O4S. The zero-order valence-corrected chi connectivity index (χ0v) is 22.2. The summed E-state index contributed by atoms with van der Waals surface area (Å²) >= 11 is 6.13. The van der Waals surface area contributed by atoms with Crippen molar-refractivity contribution in [3.63, 3.8) is 0 Å². The van der Waals surface area contributed by atoms with Gasteiger partial charge in [-0.3, -0.25) is 9.59 Å². The molecule has 3 rings (SSSR count). The molecule has 196 valence electrons. The van der Waals surface area contributed by atoms with Crippen LogP contribution in [0.1, 0.15) is 38.2 Å². The number of carbonyl (C=O) groups excluding carboxylic acids is 2. The minimum absolute atomic E-state index is 0.0535. The number of halogens is 2. The number of amides is 2. The van der Waals surface area contributed by atoms with Crippen molar-refractivity contribution in [2.45, 2.75) is 51.2 Å². The van der Waals surface area contributed by atoms with E-state index in [1.54, 1.807) is 31.2 Å². The third-order valence-electron chi connectivity index (χ3n) is 6.24. The van der Waals surface area contributed by atoms with Crippen molar-refractivity contribution < 1.29 is 22.4 Å². The number of nitrogens with one attached hydrogen (secondary N) is 1. The minimum Gasteiger partial charge on any atom is -0.352 e. The van der Waals surface area contributed by atoms with E-state index in [9.17, 15) is 22.4 Å². The number of rotatable bonds is 10. The van der Waals surface area contributed by atoms with Gasteiger partial charge in [-0.05, 0) is 61.7 Å². The van der Waals surface area contributed by atoms with E-state index in [-0.39, 0.29) is 24.2 Å². The second kappa shape index (κ2) is 12.0. The van der Waals surface area contributed by atoms with E-state index in [0.29, 0.717) is 10.6 Å². The Bertz CT molecular complexity index is 1170. The van der Waals surface area contributed by atoms with Gasteiger partial charge in [-0.1, -0.05) is 36.6 Å². The van der Waals surface area contributed by atoms with E-state index in [0.717, 1.165) is 46.4 Å². The van der Waals surface area contributed by atoms with Crippen LogP contribution in [0.15, 0.2) is 48.5 Å². The number of benzene rings is 2. The normalized spacial score (nSPS) is 15.1. The fourth-order valence-electron chi connectivity index (χ4n) is 4.13. The molecule has 1 saturated carbocycles. The molecular weight excluding hydrogens is 507 g/mol. The summed E-state index contributed by atoms with van der Waals surface area (Å²) in [7, 11) is -1.41. The van der Waals surface area contributed by atoms with Gasteiger partial charge < -0.3 is 10.2 Å². The molecule has 1 fully saturated rings. The van der Waals surface area contributed by atoms with Crippen molar-refractivity contribution in [2.24, 2.45) is 0 Å². The second-order valence-electron chi connectivity index (χ2n) is 9.09. The molecule has 2 aromatic carbocycles. The summed E-state index contributed by atoms with van der Waals surface area (Å²) < 4.78 is 41.6. The number of anilines is 1. The van der Waals surface area contributed by atoms with Crippen LogP contribution in [0.2, 0.25) is 5.02 Å². The Labute approximate surface area is 217 Å². The summed E-state index contributed by atoms with van der Waals surface area (Å²) in [5.74, 6) is -1.42. The molecule has 0 heterocycles. The lowest BCUT2D eigenvalue weighted by Crippen LogP contribution is -2.53. The van der Waals surface area contributed by atoms with E-state index in [1.807, 2.05) is 0 Å². The third kappa shape index (κ3) is 6.96. The van der Waals surface area contributed by atoms with Crippen LogP contribution in [0.5, 0.6) is 0 Å². The van der Waals surface area contributed by atoms with Crippen molar-refractivity contribution in [1.29, 1.82) is 0 Å². The lowest BCUT2D eigenvalue weighted by molar-refractivity contribution is -0.139. The van der Waals surface area contributed by atoms with Gasteiger partial charge in [0.05, 0.1) is 5.69 Å². The van der Waals surface area contributed by atoms with Crippen molar-refractivity contribution in [3.05, 3.63) is 64.9 Å². The minimum atomic E-state index is -4.10. The van der Waals surface area contributed by atoms with Gasteiger partial charge in [0.25, 0.3) is 0 Å². The first kappa shape index (κ1) is 27.9. The third-order valence-corrected chi connectivity index (χ3v) is 8.30. The van der Waals surface area contributed by atoms with E-state index < -0.39 is 34.5 Å². The first-order valence-corrected chi connectivity index (χ1v) is 13.6. The van der Waals surface area contributed by atoms with Crippen LogP contribution in [0.25, 0.3) is 0 Å². The van der Waals surface area contributed by atoms with E-state index in [1.165, 1.54) is 31.1 Å². The maximum atomic E-state index is 13.6. The molecule has 36 heavy (non-hydrogen) atoms. The SMILES string of the molecule is C[C@H](C(=O)NC1CCCC1)N(Cc1cccc(Cl)c1)C(=O)CN(c1ccc(F)cc1)S(=O)(=O)N(C)C. The number of hydrogen-bond acceptors (Lipinski definition) is 4. The highest BCUT2D eigenvalue weighted by Crippen LogP contribution is 2.22. The highest BCUT2D eigenvalue weighted by Gasteiger charge is 2.33. The lowest BCUT2D eigenvalue weighted by atomic mass is 10.1. The van der Waals surface area contributed by atoms with Crippen molar-refractivity contribution in [1.82, 2.24) is 14.5 Å². The van der Waals surface area contributed by atoms with Gasteiger partial charge in [-0.25, -0.2) is 8.70 Å². The van der Waals surface area contributed by atoms with E-state index in [4.69, 9.17) is 11.6 Å². The average molecular weight is 539 g/mol. The van der Waals surface area contributed by atoms with Crippen LogP contribution in [0, 0.1) is 5.82 Å². The largest absolute Gasteiger partial charge is 0.352 e. The molecule has 0 spiro atoms. The number of carbonyl (C=O) groups is 2. The Balaban J connectivity index is 1.92. The summed E-state index contributed by atoms with van der Waals surface area (Å²) in [4.78, 5) is 28.1. The molecule has 1 atom stereocenters. The van der Waals surface area contributed by atoms with Crippen LogP contribution < -0.4 is 9.62 Å². The van der Waals surface area contributed by atoms with Crippen LogP contribution in [-0.2, 0) is 26.3 Å². The fraction of sp³-hybridized carbons (Fsp3) is 0.440. The summed E-state index contributed by atoms with van der Waals surface area (Å²) in [6, 6.07) is 10.9. The topological polar surface area (TPSA) is 90.0 Å². The van der Waals surface area contributed by atoms with Crippen LogP contribution in [-0.4, -0.2) is 62.2 Å². The van der Waals surface area contributed by atoms with Gasteiger partial charge in [0.2, 0.25) is 11.8 Å².